The Morgan fingerprint density at radius 2 is 2.04 bits per heavy atom. The fourth-order valence-corrected chi connectivity index (χ4v) is 3.24. The molecule has 2 aromatic carbocycles. The molecule has 24 heavy (non-hydrogen) atoms. The minimum absolute atomic E-state index is 0.103. The molecular weight excluding hydrogens is 332 g/mol. The van der Waals surface area contributed by atoms with E-state index in [9.17, 15) is 10.1 Å². The van der Waals surface area contributed by atoms with E-state index in [1.165, 1.54) is 6.07 Å². The molecule has 3 aromatic rings. The van der Waals surface area contributed by atoms with E-state index in [0.29, 0.717) is 41.7 Å². The molecular formula is C17H13ClN2O4. The van der Waals surface area contributed by atoms with Gasteiger partial charge in [-0.3, -0.25) is 10.1 Å². The number of nitro benzene ring substituents is 1. The van der Waals surface area contributed by atoms with E-state index in [1.807, 2.05) is 29.0 Å². The fraction of sp³-hybridized carbons (Fsp3) is 0.176. The highest BCUT2D eigenvalue weighted by molar-refractivity contribution is 6.32. The summed E-state index contributed by atoms with van der Waals surface area (Å²) in [7, 11) is 0. The zero-order valence-electron chi connectivity index (χ0n) is 12.6. The molecule has 0 bridgehead atoms. The van der Waals surface area contributed by atoms with E-state index >= 15 is 0 Å². The van der Waals surface area contributed by atoms with Crippen LogP contribution in [0.1, 0.15) is 5.56 Å². The highest BCUT2D eigenvalue weighted by Crippen LogP contribution is 2.38. The number of halogens is 1. The van der Waals surface area contributed by atoms with Crippen LogP contribution in [0.5, 0.6) is 11.5 Å². The molecule has 6 nitrogen and oxygen atoms in total. The third-order valence-corrected chi connectivity index (χ3v) is 4.28. The molecule has 7 heteroatoms. The lowest BCUT2D eigenvalue weighted by molar-refractivity contribution is -0.383. The zero-order valence-corrected chi connectivity index (χ0v) is 13.3. The molecule has 0 N–H and O–H groups in total. The van der Waals surface area contributed by atoms with Gasteiger partial charge in [-0.25, -0.2) is 0 Å². The predicted molar refractivity (Wildman–Crippen MR) is 90.1 cm³/mol. The standard InChI is InChI=1S/C17H13ClN2O4/c18-13-8-11(9-16-17(13)24-7-6-23-16)10-19-5-4-12-14(19)2-1-3-15(12)20(21)22/h1-5,8-9H,6-7,10H2. The van der Waals surface area contributed by atoms with Gasteiger partial charge in [0.15, 0.2) is 11.5 Å². The number of rotatable bonds is 3. The second-order valence-electron chi connectivity index (χ2n) is 5.51. The summed E-state index contributed by atoms with van der Waals surface area (Å²) in [5.41, 5.74) is 1.84. The second-order valence-corrected chi connectivity index (χ2v) is 5.92. The summed E-state index contributed by atoms with van der Waals surface area (Å²) in [4.78, 5) is 10.8. The topological polar surface area (TPSA) is 66.5 Å². The number of hydrogen-bond donors (Lipinski definition) is 0. The first-order chi connectivity index (χ1) is 11.6. The second kappa shape index (κ2) is 5.72. The number of aromatic nitrogens is 1. The van der Waals surface area contributed by atoms with Crippen molar-refractivity contribution in [3.8, 4) is 11.5 Å². The monoisotopic (exact) mass is 344 g/mol. The number of nitrogens with zero attached hydrogens (tertiary/aromatic N) is 2. The van der Waals surface area contributed by atoms with Gasteiger partial charge in [-0.15, -0.1) is 0 Å². The zero-order chi connectivity index (χ0) is 16.7. The first-order valence-corrected chi connectivity index (χ1v) is 7.81. The summed E-state index contributed by atoms with van der Waals surface area (Å²) in [6.45, 7) is 1.50. The number of non-ortho nitro benzene ring substituents is 1. The maximum Gasteiger partial charge on any atom is 0.278 e. The number of ether oxygens (including phenoxy) is 2. The van der Waals surface area contributed by atoms with E-state index in [-0.39, 0.29) is 10.6 Å². The lowest BCUT2D eigenvalue weighted by Crippen LogP contribution is -2.16. The first-order valence-electron chi connectivity index (χ1n) is 7.44. The summed E-state index contributed by atoms with van der Waals surface area (Å²) in [6.07, 6.45) is 1.84. The van der Waals surface area contributed by atoms with E-state index in [0.717, 1.165) is 11.1 Å². The van der Waals surface area contributed by atoms with Gasteiger partial charge >= 0.3 is 0 Å². The van der Waals surface area contributed by atoms with Crippen LogP contribution in [-0.2, 0) is 6.54 Å². The lowest BCUT2D eigenvalue weighted by atomic mass is 10.2. The van der Waals surface area contributed by atoms with Crippen molar-refractivity contribution in [2.45, 2.75) is 6.54 Å². The van der Waals surface area contributed by atoms with Crippen molar-refractivity contribution >= 4 is 28.2 Å². The van der Waals surface area contributed by atoms with Crippen LogP contribution in [0, 0.1) is 10.1 Å². The van der Waals surface area contributed by atoms with E-state index in [4.69, 9.17) is 21.1 Å². The number of benzene rings is 2. The van der Waals surface area contributed by atoms with Crippen molar-refractivity contribution < 1.29 is 14.4 Å². The van der Waals surface area contributed by atoms with Crippen LogP contribution in [0.25, 0.3) is 10.9 Å². The molecule has 0 radical (unpaired) electrons. The summed E-state index contributed by atoms with van der Waals surface area (Å²) in [6, 6.07) is 10.5. The van der Waals surface area contributed by atoms with Crippen molar-refractivity contribution in [2.75, 3.05) is 13.2 Å². The van der Waals surface area contributed by atoms with Gasteiger partial charge < -0.3 is 14.0 Å². The molecule has 0 amide bonds. The van der Waals surface area contributed by atoms with Crippen LogP contribution in [0.4, 0.5) is 5.69 Å². The Morgan fingerprint density at radius 3 is 2.88 bits per heavy atom. The SMILES string of the molecule is O=[N+]([O-])c1cccc2c1ccn2Cc1cc(Cl)c2c(c1)OCCO2. The van der Waals surface area contributed by atoms with E-state index < -0.39 is 0 Å². The normalized spacial score (nSPS) is 13.2. The van der Waals surface area contributed by atoms with Gasteiger partial charge in [0.05, 0.1) is 20.8 Å². The van der Waals surface area contributed by atoms with Crippen LogP contribution in [0.2, 0.25) is 5.02 Å². The van der Waals surface area contributed by atoms with Crippen LogP contribution >= 0.6 is 11.6 Å². The van der Waals surface area contributed by atoms with Crippen molar-refractivity contribution in [2.24, 2.45) is 0 Å². The molecule has 1 aromatic heterocycles. The smallest absolute Gasteiger partial charge is 0.278 e. The number of hydrogen-bond acceptors (Lipinski definition) is 4. The Bertz CT molecular complexity index is 951. The Hall–Kier alpha value is -2.73. The van der Waals surface area contributed by atoms with Gasteiger partial charge in [-0.1, -0.05) is 17.7 Å². The molecule has 0 spiro atoms. The van der Waals surface area contributed by atoms with Crippen LogP contribution in [-0.4, -0.2) is 22.7 Å². The van der Waals surface area contributed by atoms with Crippen molar-refractivity contribution in [1.82, 2.24) is 4.57 Å². The Morgan fingerprint density at radius 1 is 1.21 bits per heavy atom. The van der Waals surface area contributed by atoms with E-state index in [1.54, 1.807) is 12.1 Å². The third kappa shape index (κ3) is 2.45. The van der Waals surface area contributed by atoms with Gasteiger partial charge in [0.1, 0.15) is 13.2 Å². The summed E-state index contributed by atoms with van der Waals surface area (Å²) in [5, 5.41) is 12.3. The highest BCUT2D eigenvalue weighted by atomic mass is 35.5. The quantitative estimate of drug-likeness (QED) is 0.531. The molecule has 1 aliphatic rings. The van der Waals surface area contributed by atoms with Gasteiger partial charge in [-0.05, 0) is 29.8 Å². The van der Waals surface area contributed by atoms with Crippen LogP contribution < -0.4 is 9.47 Å². The average Bonchev–Trinajstić information content (AvgIpc) is 2.98. The van der Waals surface area contributed by atoms with Crippen LogP contribution in [0.15, 0.2) is 42.6 Å². The van der Waals surface area contributed by atoms with E-state index in [2.05, 4.69) is 0 Å². The maximum atomic E-state index is 11.1. The van der Waals surface area contributed by atoms with Gasteiger partial charge in [0.2, 0.25) is 0 Å². The summed E-state index contributed by atoms with van der Waals surface area (Å²) in [5.74, 6) is 1.20. The Labute approximate surface area is 142 Å². The molecule has 122 valence electrons. The molecule has 0 saturated carbocycles. The molecule has 2 heterocycles. The minimum atomic E-state index is -0.367. The molecule has 4 rings (SSSR count). The lowest BCUT2D eigenvalue weighted by Gasteiger charge is -2.20. The highest BCUT2D eigenvalue weighted by Gasteiger charge is 2.18. The third-order valence-electron chi connectivity index (χ3n) is 4.00. The van der Waals surface area contributed by atoms with Gasteiger partial charge in [-0.2, -0.15) is 0 Å². The summed E-state index contributed by atoms with van der Waals surface area (Å²) < 4.78 is 13.1. The van der Waals surface area contributed by atoms with Gasteiger partial charge in [0.25, 0.3) is 5.69 Å². The predicted octanol–water partition coefficient (Wildman–Crippen LogP) is 4.02. The average molecular weight is 345 g/mol. The largest absolute Gasteiger partial charge is 0.486 e. The maximum absolute atomic E-state index is 11.1. The molecule has 0 atom stereocenters. The first kappa shape index (κ1) is 14.8. The molecule has 0 aliphatic carbocycles. The Kier molecular flexibility index (Phi) is 3.54. The molecule has 0 fully saturated rings. The van der Waals surface area contributed by atoms with Crippen LogP contribution in [0.3, 0.4) is 0 Å². The van der Waals surface area contributed by atoms with Crippen molar-refractivity contribution in [3.05, 3.63) is 63.3 Å². The molecule has 1 aliphatic heterocycles. The molecule has 0 unspecified atom stereocenters. The van der Waals surface area contributed by atoms with Crippen molar-refractivity contribution in [3.63, 3.8) is 0 Å². The fourth-order valence-electron chi connectivity index (χ4n) is 2.96. The number of fused-ring (bicyclic) bond motifs is 2. The molecule has 0 saturated heterocycles. The van der Waals surface area contributed by atoms with Gasteiger partial charge in [0, 0.05) is 18.8 Å². The summed E-state index contributed by atoms with van der Waals surface area (Å²) >= 11 is 6.27. The Balaban J connectivity index is 1.74. The van der Waals surface area contributed by atoms with Crippen molar-refractivity contribution in [1.29, 1.82) is 0 Å². The minimum Gasteiger partial charge on any atom is -0.486 e. The number of nitro groups is 1.